The van der Waals surface area contributed by atoms with E-state index in [1.165, 1.54) is 0 Å². The number of hydrogen-bond acceptors (Lipinski definition) is 8. The zero-order valence-electron chi connectivity index (χ0n) is 19.3. The highest BCUT2D eigenvalue weighted by Crippen LogP contribution is 2.36. The Balaban J connectivity index is 1.74. The summed E-state index contributed by atoms with van der Waals surface area (Å²) in [4.78, 5) is 33.5. The highest BCUT2D eigenvalue weighted by atomic mass is 35.5. The van der Waals surface area contributed by atoms with E-state index in [4.69, 9.17) is 11.6 Å². The number of hydrazine groups is 1. The van der Waals surface area contributed by atoms with Gasteiger partial charge in [-0.25, -0.2) is 5.06 Å². The fraction of sp³-hybridized carbons (Fsp3) is 0.714. The maximum atomic E-state index is 15.4. The van der Waals surface area contributed by atoms with Crippen LogP contribution in [-0.2, 0) is 9.59 Å². The minimum absolute atomic E-state index is 0.0551. The second-order valence-corrected chi connectivity index (χ2v) is 9.85. The standard InChI is InChI=1S/C21H33ClFN7O3/c1-21(2)9-15(24-3)11-30(21)18-16(23)17(25-20(22)26-18)27-28-19(32)14(10-29(33)12-31)8-13-6-4-5-7-13/h12-15,24,33H,4-11H2,1-3H3,(H,28,32)(H,25,26,27)/t14-,15?/m1/s1. The summed E-state index contributed by atoms with van der Waals surface area (Å²) in [5.41, 5.74) is 4.63. The van der Waals surface area contributed by atoms with Gasteiger partial charge in [0.15, 0.2) is 11.6 Å². The number of carbonyl (C=O) groups is 2. The lowest BCUT2D eigenvalue weighted by atomic mass is 9.92. The van der Waals surface area contributed by atoms with Gasteiger partial charge in [0.2, 0.25) is 23.4 Å². The number of hydrogen-bond donors (Lipinski definition) is 4. The molecule has 1 aliphatic heterocycles. The maximum Gasteiger partial charge on any atom is 0.243 e. The fourth-order valence-corrected chi connectivity index (χ4v) is 5.05. The van der Waals surface area contributed by atoms with Gasteiger partial charge >= 0.3 is 0 Å². The maximum absolute atomic E-state index is 15.4. The average molecular weight is 486 g/mol. The van der Waals surface area contributed by atoms with Crippen LogP contribution < -0.4 is 21.1 Å². The SMILES string of the molecule is CNC1CN(c2nc(Cl)nc(NNC(=O)[C@H](CC3CCCC3)CN(O)C=O)c2F)C(C)(C)C1. The molecule has 3 rings (SSSR count). The molecule has 12 heteroatoms. The van der Waals surface area contributed by atoms with Gasteiger partial charge in [0.25, 0.3) is 0 Å². The molecule has 0 bridgehead atoms. The van der Waals surface area contributed by atoms with Gasteiger partial charge in [-0.3, -0.25) is 25.6 Å². The van der Waals surface area contributed by atoms with Crippen molar-refractivity contribution in [2.75, 3.05) is 30.5 Å². The van der Waals surface area contributed by atoms with E-state index in [2.05, 4.69) is 26.1 Å². The molecule has 0 spiro atoms. The summed E-state index contributed by atoms with van der Waals surface area (Å²) in [7, 11) is 1.86. The van der Waals surface area contributed by atoms with Crippen LogP contribution in [0.5, 0.6) is 0 Å². The van der Waals surface area contributed by atoms with Crippen LogP contribution in [0.3, 0.4) is 0 Å². The molecule has 1 unspecified atom stereocenters. The molecule has 33 heavy (non-hydrogen) atoms. The predicted octanol–water partition coefficient (Wildman–Crippen LogP) is 2.33. The van der Waals surface area contributed by atoms with Gasteiger partial charge in [0.05, 0.1) is 12.5 Å². The predicted molar refractivity (Wildman–Crippen MR) is 122 cm³/mol. The second kappa shape index (κ2) is 10.8. The van der Waals surface area contributed by atoms with E-state index in [1.807, 2.05) is 25.8 Å². The first-order chi connectivity index (χ1) is 15.6. The quantitative estimate of drug-likeness (QED) is 0.172. The van der Waals surface area contributed by atoms with Crippen molar-refractivity contribution in [2.24, 2.45) is 11.8 Å². The van der Waals surface area contributed by atoms with Crippen molar-refractivity contribution in [3.63, 3.8) is 0 Å². The molecule has 2 heterocycles. The van der Waals surface area contributed by atoms with Crippen LogP contribution in [0.1, 0.15) is 52.4 Å². The largest absolute Gasteiger partial charge is 0.347 e. The molecule has 2 aliphatic rings. The Hall–Kier alpha value is -2.24. The molecule has 10 nitrogen and oxygen atoms in total. The third kappa shape index (κ3) is 6.21. The van der Waals surface area contributed by atoms with Crippen LogP contribution in [0.4, 0.5) is 16.0 Å². The number of carbonyl (C=O) groups excluding carboxylic acids is 2. The number of aromatic nitrogens is 2. The molecule has 184 valence electrons. The van der Waals surface area contributed by atoms with Crippen molar-refractivity contribution < 1.29 is 19.2 Å². The molecule has 1 saturated heterocycles. The summed E-state index contributed by atoms with van der Waals surface area (Å²) in [6, 6.07) is 0.167. The molecule has 2 fully saturated rings. The molecule has 0 aromatic carbocycles. The zero-order chi connectivity index (χ0) is 24.2. The molecule has 4 N–H and O–H groups in total. The first-order valence-corrected chi connectivity index (χ1v) is 11.7. The Labute approximate surface area is 198 Å². The van der Waals surface area contributed by atoms with E-state index < -0.39 is 17.6 Å². The lowest BCUT2D eigenvalue weighted by molar-refractivity contribution is -0.154. The van der Waals surface area contributed by atoms with Gasteiger partial charge in [0.1, 0.15) is 0 Å². The Kier molecular flexibility index (Phi) is 8.30. The molecule has 2 atom stereocenters. The Morgan fingerprint density at radius 2 is 2.09 bits per heavy atom. The van der Waals surface area contributed by atoms with E-state index in [0.717, 1.165) is 32.1 Å². The monoisotopic (exact) mass is 485 g/mol. The highest BCUT2D eigenvalue weighted by Gasteiger charge is 2.40. The first kappa shape index (κ1) is 25.4. The molecule has 2 amide bonds. The Bertz CT molecular complexity index is 853. The van der Waals surface area contributed by atoms with Crippen molar-refractivity contribution in [1.82, 2.24) is 25.8 Å². The van der Waals surface area contributed by atoms with E-state index in [0.29, 0.717) is 23.9 Å². The number of likely N-dealkylation sites (N-methyl/N-ethyl adjacent to an activating group) is 1. The Morgan fingerprint density at radius 3 is 2.70 bits per heavy atom. The molecule has 1 aromatic rings. The number of halogens is 2. The lowest BCUT2D eigenvalue weighted by Gasteiger charge is -2.32. The van der Waals surface area contributed by atoms with Crippen LogP contribution in [0.2, 0.25) is 5.28 Å². The van der Waals surface area contributed by atoms with Gasteiger partial charge in [0, 0.05) is 18.1 Å². The van der Waals surface area contributed by atoms with E-state index in [-0.39, 0.29) is 41.5 Å². The number of nitrogens with zero attached hydrogens (tertiary/aromatic N) is 4. The summed E-state index contributed by atoms with van der Waals surface area (Å²) in [5.74, 6) is -1.72. The topological polar surface area (TPSA) is 123 Å². The first-order valence-electron chi connectivity index (χ1n) is 11.3. The summed E-state index contributed by atoms with van der Waals surface area (Å²) < 4.78 is 15.4. The Morgan fingerprint density at radius 1 is 1.39 bits per heavy atom. The number of anilines is 2. The molecular weight excluding hydrogens is 453 g/mol. The normalized spacial score (nSPS) is 21.2. The molecule has 1 saturated carbocycles. The third-order valence-electron chi connectivity index (χ3n) is 6.65. The number of nitrogens with one attached hydrogen (secondary N) is 3. The molecule has 1 aliphatic carbocycles. The molecule has 0 radical (unpaired) electrons. The van der Waals surface area contributed by atoms with Crippen LogP contribution in [0.25, 0.3) is 0 Å². The van der Waals surface area contributed by atoms with Crippen molar-refractivity contribution >= 4 is 35.6 Å². The van der Waals surface area contributed by atoms with Gasteiger partial charge in [-0.1, -0.05) is 25.7 Å². The lowest BCUT2D eigenvalue weighted by Crippen LogP contribution is -2.42. The van der Waals surface area contributed by atoms with Crippen LogP contribution in [0.15, 0.2) is 0 Å². The van der Waals surface area contributed by atoms with Crippen LogP contribution in [-0.4, -0.2) is 64.3 Å². The van der Waals surface area contributed by atoms with E-state index in [9.17, 15) is 14.8 Å². The van der Waals surface area contributed by atoms with E-state index in [1.54, 1.807) is 0 Å². The molecular formula is C21H33ClFN7O3. The smallest absolute Gasteiger partial charge is 0.243 e. The summed E-state index contributed by atoms with van der Waals surface area (Å²) in [6.07, 6.45) is 5.77. The van der Waals surface area contributed by atoms with Gasteiger partial charge in [-0.05, 0) is 51.3 Å². The van der Waals surface area contributed by atoms with Crippen LogP contribution in [0, 0.1) is 17.7 Å². The van der Waals surface area contributed by atoms with Crippen molar-refractivity contribution in [3.05, 3.63) is 11.1 Å². The van der Waals surface area contributed by atoms with Gasteiger partial charge in [-0.2, -0.15) is 14.4 Å². The minimum atomic E-state index is -0.728. The van der Waals surface area contributed by atoms with Crippen molar-refractivity contribution in [1.29, 1.82) is 0 Å². The zero-order valence-corrected chi connectivity index (χ0v) is 20.0. The number of rotatable bonds is 10. The van der Waals surface area contributed by atoms with E-state index >= 15 is 4.39 Å². The van der Waals surface area contributed by atoms with Gasteiger partial charge < -0.3 is 10.2 Å². The highest BCUT2D eigenvalue weighted by molar-refractivity contribution is 6.28. The minimum Gasteiger partial charge on any atom is -0.347 e. The van der Waals surface area contributed by atoms with Crippen molar-refractivity contribution in [3.8, 4) is 0 Å². The second-order valence-electron chi connectivity index (χ2n) is 9.52. The average Bonchev–Trinajstić information content (AvgIpc) is 3.39. The number of hydroxylamine groups is 2. The number of amides is 2. The molecule has 1 aromatic heterocycles. The summed E-state index contributed by atoms with van der Waals surface area (Å²) in [6.45, 7) is 4.38. The third-order valence-corrected chi connectivity index (χ3v) is 6.82. The summed E-state index contributed by atoms with van der Waals surface area (Å²) in [5, 5.41) is 13.1. The van der Waals surface area contributed by atoms with Crippen LogP contribution >= 0.6 is 11.6 Å². The van der Waals surface area contributed by atoms with Crippen molar-refractivity contribution in [2.45, 2.75) is 64.0 Å². The van der Waals surface area contributed by atoms with Gasteiger partial charge in [-0.15, -0.1) is 0 Å². The fourth-order valence-electron chi connectivity index (χ4n) is 4.89. The summed E-state index contributed by atoms with van der Waals surface area (Å²) >= 11 is 6.08.